The maximum atomic E-state index is 12.8. The minimum absolute atomic E-state index is 0.0105. The van der Waals surface area contributed by atoms with Gasteiger partial charge in [-0.1, -0.05) is 41.9 Å². The highest BCUT2D eigenvalue weighted by atomic mass is 35.5. The van der Waals surface area contributed by atoms with Crippen molar-refractivity contribution in [3.05, 3.63) is 69.7 Å². The molecule has 1 amide bonds. The summed E-state index contributed by atoms with van der Waals surface area (Å²) in [7, 11) is -3.96. The molecule has 0 fully saturated rings. The molecule has 1 aliphatic heterocycles. The molecule has 1 heterocycles. The molecule has 0 aliphatic carbocycles. The van der Waals surface area contributed by atoms with E-state index < -0.39 is 15.9 Å². The van der Waals surface area contributed by atoms with Gasteiger partial charge in [-0.15, -0.1) is 0 Å². The number of nitrogens with two attached hydrogens (primary N) is 1. The standard InChI is InChI=1S/C20H21ClN2O4S/c1-13(24)23-8-7-15-9-17(21)20(11-18(15)23)28(26,27)12-16(22)10-19(25)14-5-3-2-4-6-14/h2-6,9,11-12,19,25H,7-8,10,22H2,1H3/b16-12-. The van der Waals surface area contributed by atoms with Gasteiger partial charge in [-0.2, -0.15) is 0 Å². The van der Waals surface area contributed by atoms with Crippen LogP contribution in [0.3, 0.4) is 0 Å². The van der Waals surface area contributed by atoms with Crippen LogP contribution in [-0.2, 0) is 21.1 Å². The van der Waals surface area contributed by atoms with Gasteiger partial charge >= 0.3 is 0 Å². The molecule has 2 aromatic carbocycles. The van der Waals surface area contributed by atoms with Gasteiger partial charge in [0.15, 0.2) is 0 Å². The Morgan fingerprint density at radius 1 is 1.32 bits per heavy atom. The van der Waals surface area contributed by atoms with Gasteiger partial charge in [0, 0.05) is 31.3 Å². The van der Waals surface area contributed by atoms with Gasteiger partial charge in [0.1, 0.15) is 0 Å². The topological polar surface area (TPSA) is 101 Å². The SMILES string of the molecule is CC(=O)N1CCc2cc(Cl)c(S(=O)(=O)/C=C(\N)CC(O)c3ccccc3)cc21. The van der Waals surface area contributed by atoms with Gasteiger partial charge in [0.05, 0.1) is 21.4 Å². The molecule has 3 rings (SSSR count). The van der Waals surface area contributed by atoms with Crippen molar-refractivity contribution < 1.29 is 18.3 Å². The van der Waals surface area contributed by atoms with Crippen molar-refractivity contribution in [2.75, 3.05) is 11.4 Å². The van der Waals surface area contributed by atoms with Crippen molar-refractivity contribution in [3.63, 3.8) is 0 Å². The average Bonchev–Trinajstić information content (AvgIpc) is 3.04. The third kappa shape index (κ3) is 4.22. The van der Waals surface area contributed by atoms with Crippen LogP contribution in [0.15, 0.2) is 58.5 Å². The maximum absolute atomic E-state index is 12.8. The second kappa shape index (κ2) is 7.95. The van der Waals surface area contributed by atoms with Crippen molar-refractivity contribution in [1.82, 2.24) is 0 Å². The lowest BCUT2D eigenvalue weighted by Crippen LogP contribution is -2.25. The number of fused-ring (bicyclic) bond motifs is 1. The molecule has 6 nitrogen and oxygen atoms in total. The molecule has 0 aromatic heterocycles. The summed E-state index contributed by atoms with van der Waals surface area (Å²) in [5.41, 5.74) is 7.92. The molecule has 0 spiro atoms. The molecule has 8 heteroatoms. The van der Waals surface area contributed by atoms with Crippen LogP contribution in [0.1, 0.15) is 30.6 Å². The van der Waals surface area contributed by atoms with Gasteiger partial charge in [-0.25, -0.2) is 8.42 Å². The van der Waals surface area contributed by atoms with Crippen LogP contribution in [0.4, 0.5) is 5.69 Å². The van der Waals surface area contributed by atoms with Crippen molar-refractivity contribution in [3.8, 4) is 0 Å². The highest BCUT2D eigenvalue weighted by molar-refractivity contribution is 7.94. The number of sulfone groups is 1. The summed E-state index contributed by atoms with van der Waals surface area (Å²) in [5, 5.41) is 11.2. The zero-order valence-corrected chi connectivity index (χ0v) is 16.9. The molecule has 2 aromatic rings. The first kappa shape index (κ1) is 20.4. The molecule has 1 unspecified atom stereocenters. The molecule has 0 saturated carbocycles. The third-order valence-electron chi connectivity index (χ3n) is 4.64. The number of halogens is 1. The summed E-state index contributed by atoms with van der Waals surface area (Å²) in [6.07, 6.45) is -0.335. The number of rotatable bonds is 5. The highest BCUT2D eigenvalue weighted by Crippen LogP contribution is 2.36. The number of carbonyl (C=O) groups excluding carboxylic acids is 1. The monoisotopic (exact) mass is 420 g/mol. The molecule has 0 radical (unpaired) electrons. The highest BCUT2D eigenvalue weighted by Gasteiger charge is 2.27. The summed E-state index contributed by atoms with van der Waals surface area (Å²) in [6, 6.07) is 11.8. The van der Waals surface area contributed by atoms with Crippen LogP contribution < -0.4 is 10.6 Å². The summed E-state index contributed by atoms with van der Waals surface area (Å²) in [6.45, 7) is 1.92. The normalized spacial score (nSPS) is 15.4. The van der Waals surface area contributed by atoms with E-state index in [1.807, 2.05) is 6.07 Å². The second-order valence-corrected chi connectivity index (χ2v) is 8.87. The zero-order valence-electron chi connectivity index (χ0n) is 15.3. The van der Waals surface area contributed by atoms with Crippen LogP contribution in [-0.4, -0.2) is 26.0 Å². The van der Waals surface area contributed by atoms with E-state index in [1.165, 1.54) is 17.9 Å². The van der Waals surface area contributed by atoms with E-state index in [2.05, 4.69) is 0 Å². The molecule has 0 saturated heterocycles. The summed E-state index contributed by atoms with van der Waals surface area (Å²) in [4.78, 5) is 13.2. The summed E-state index contributed by atoms with van der Waals surface area (Å²) < 4.78 is 25.7. The number of hydrogen-bond acceptors (Lipinski definition) is 5. The van der Waals surface area contributed by atoms with Gasteiger partial charge < -0.3 is 15.7 Å². The molecule has 1 aliphatic rings. The molecule has 28 heavy (non-hydrogen) atoms. The van der Waals surface area contributed by atoms with Crippen molar-refractivity contribution in [2.45, 2.75) is 30.8 Å². The Morgan fingerprint density at radius 3 is 2.64 bits per heavy atom. The predicted octanol–water partition coefficient (Wildman–Crippen LogP) is 2.95. The number of nitrogens with zero attached hydrogens (tertiary/aromatic N) is 1. The Hall–Kier alpha value is -2.35. The number of carbonyl (C=O) groups is 1. The third-order valence-corrected chi connectivity index (χ3v) is 6.62. The van der Waals surface area contributed by atoms with E-state index in [9.17, 15) is 18.3 Å². The lowest BCUT2D eigenvalue weighted by Gasteiger charge is -2.16. The fourth-order valence-electron chi connectivity index (χ4n) is 3.26. The van der Waals surface area contributed by atoms with Crippen LogP contribution in [0.5, 0.6) is 0 Å². The molecule has 1 atom stereocenters. The smallest absolute Gasteiger partial charge is 0.223 e. The Kier molecular flexibility index (Phi) is 5.79. The van der Waals surface area contributed by atoms with Gasteiger partial charge in [-0.3, -0.25) is 4.79 Å². The quantitative estimate of drug-likeness (QED) is 0.774. The van der Waals surface area contributed by atoms with E-state index in [1.54, 1.807) is 30.3 Å². The number of amides is 1. The van der Waals surface area contributed by atoms with E-state index in [4.69, 9.17) is 17.3 Å². The summed E-state index contributed by atoms with van der Waals surface area (Å²) in [5.74, 6) is -0.162. The van der Waals surface area contributed by atoms with Crippen molar-refractivity contribution >= 4 is 33.0 Å². The Balaban J connectivity index is 1.89. The van der Waals surface area contributed by atoms with Crippen molar-refractivity contribution in [2.24, 2.45) is 5.73 Å². The lowest BCUT2D eigenvalue weighted by atomic mass is 10.1. The molecule has 3 N–H and O–H groups in total. The fraction of sp³-hybridized carbons (Fsp3) is 0.250. The van der Waals surface area contributed by atoms with Crippen molar-refractivity contribution in [1.29, 1.82) is 0 Å². The first-order chi connectivity index (χ1) is 13.2. The lowest BCUT2D eigenvalue weighted by molar-refractivity contribution is -0.116. The van der Waals surface area contributed by atoms with Gasteiger partial charge in [0.2, 0.25) is 15.7 Å². The number of hydrogen-bond donors (Lipinski definition) is 2. The average molecular weight is 421 g/mol. The Morgan fingerprint density at radius 2 is 2.00 bits per heavy atom. The van der Waals surface area contributed by atoms with Crippen LogP contribution in [0.25, 0.3) is 0 Å². The maximum Gasteiger partial charge on any atom is 0.223 e. The van der Waals surface area contributed by atoms with E-state index in [0.717, 1.165) is 11.0 Å². The Labute approximate surface area is 169 Å². The van der Waals surface area contributed by atoms with Gasteiger partial charge in [-0.05, 0) is 29.7 Å². The fourth-order valence-corrected chi connectivity index (χ4v) is 5.00. The number of benzene rings is 2. The predicted molar refractivity (Wildman–Crippen MR) is 109 cm³/mol. The largest absolute Gasteiger partial charge is 0.401 e. The van der Waals surface area contributed by atoms with E-state index >= 15 is 0 Å². The molecular formula is C20H21ClN2O4S. The Bertz CT molecular complexity index is 1040. The molecule has 0 bridgehead atoms. The summed E-state index contributed by atoms with van der Waals surface area (Å²) >= 11 is 6.20. The first-order valence-corrected chi connectivity index (χ1v) is 10.7. The first-order valence-electron chi connectivity index (χ1n) is 8.73. The second-order valence-electron chi connectivity index (χ2n) is 6.70. The van der Waals surface area contributed by atoms with E-state index in [-0.39, 0.29) is 27.9 Å². The molecular weight excluding hydrogens is 400 g/mol. The minimum atomic E-state index is -3.96. The van der Waals surface area contributed by atoms with Gasteiger partial charge in [0.25, 0.3) is 0 Å². The molecule has 148 valence electrons. The van der Waals surface area contributed by atoms with Crippen LogP contribution in [0, 0.1) is 0 Å². The van der Waals surface area contributed by atoms with Crippen LogP contribution >= 0.6 is 11.6 Å². The zero-order chi connectivity index (χ0) is 20.5. The van der Waals surface area contributed by atoms with Crippen LogP contribution in [0.2, 0.25) is 5.02 Å². The number of aliphatic hydroxyl groups is 1. The minimum Gasteiger partial charge on any atom is -0.401 e. The number of aliphatic hydroxyl groups excluding tert-OH is 1. The number of anilines is 1. The van der Waals surface area contributed by atoms with E-state index in [0.29, 0.717) is 24.2 Å².